The fourth-order valence-electron chi connectivity index (χ4n) is 1.14. The Morgan fingerprint density at radius 1 is 1.29 bits per heavy atom. The van der Waals surface area contributed by atoms with Crippen LogP contribution < -0.4 is 5.90 Å². The molecule has 0 amide bonds. The standard InChI is InChI=1S/C9H7N3O2/c10-14-9(13)8-5-6-3-1-2-4-7(6)11-12-8/h1-5H,10H2. The highest BCUT2D eigenvalue weighted by atomic mass is 16.7. The number of benzene rings is 1. The van der Waals surface area contributed by atoms with Crippen LogP contribution in [0.2, 0.25) is 0 Å². The van der Waals surface area contributed by atoms with Crippen LogP contribution in [0.25, 0.3) is 10.9 Å². The topological polar surface area (TPSA) is 78.1 Å². The maximum absolute atomic E-state index is 11.0. The predicted octanol–water partition coefficient (Wildman–Crippen LogP) is 0.660. The Morgan fingerprint density at radius 3 is 2.86 bits per heavy atom. The van der Waals surface area contributed by atoms with E-state index < -0.39 is 5.97 Å². The quantitative estimate of drug-likeness (QED) is 0.666. The Hall–Kier alpha value is -2.01. The number of nitrogens with zero attached hydrogens (tertiary/aromatic N) is 2. The van der Waals surface area contributed by atoms with Gasteiger partial charge in [0.1, 0.15) is 0 Å². The van der Waals surface area contributed by atoms with E-state index >= 15 is 0 Å². The van der Waals surface area contributed by atoms with Gasteiger partial charge in [-0.3, -0.25) is 0 Å². The Balaban J connectivity index is 2.56. The molecular formula is C9H7N3O2. The van der Waals surface area contributed by atoms with Crippen LogP contribution in [0.1, 0.15) is 10.5 Å². The molecule has 0 unspecified atom stereocenters. The average Bonchev–Trinajstić information content (AvgIpc) is 2.27. The van der Waals surface area contributed by atoms with Crippen molar-refractivity contribution in [2.24, 2.45) is 5.90 Å². The van der Waals surface area contributed by atoms with Gasteiger partial charge in [0.25, 0.3) is 0 Å². The SMILES string of the molecule is NOC(=O)c1cc2ccccc2nn1. The van der Waals surface area contributed by atoms with Crippen molar-refractivity contribution in [2.75, 3.05) is 0 Å². The number of rotatable bonds is 1. The third kappa shape index (κ3) is 1.40. The Labute approximate surface area is 79.5 Å². The molecule has 14 heavy (non-hydrogen) atoms. The highest BCUT2D eigenvalue weighted by Gasteiger charge is 2.08. The van der Waals surface area contributed by atoms with Gasteiger partial charge in [0.2, 0.25) is 0 Å². The molecule has 5 nitrogen and oxygen atoms in total. The zero-order chi connectivity index (χ0) is 9.97. The van der Waals surface area contributed by atoms with Gasteiger partial charge in [-0.2, -0.15) is 5.90 Å². The van der Waals surface area contributed by atoms with E-state index in [2.05, 4.69) is 15.0 Å². The third-order valence-electron chi connectivity index (χ3n) is 1.81. The van der Waals surface area contributed by atoms with Crippen molar-refractivity contribution >= 4 is 16.9 Å². The maximum Gasteiger partial charge on any atom is 0.377 e. The fourth-order valence-corrected chi connectivity index (χ4v) is 1.14. The van der Waals surface area contributed by atoms with Crippen molar-refractivity contribution in [1.82, 2.24) is 10.2 Å². The molecule has 5 heteroatoms. The second-order valence-corrected chi connectivity index (χ2v) is 2.69. The van der Waals surface area contributed by atoms with Crippen LogP contribution >= 0.6 is 0 Å². The van der Waals surface area contributed by atoms with Crippen molar-refractivity contribution in [3.8, 4) is 0 Å². The van der Waals surface area contributed by atoms with E-state index in [-0.39, 0.29) is 5.69 Å². The minimum absolute atomic E-state index is 0.103. The molecule has 0 bridgehead atoms. The first-order chi connectivity index (χ1) is 6.81. The van der Waals surface area contributed by atoms with Crippen molar-refractivity contribution < 1.29 is 9.63 Å². The first kappa shape index (κ1) is 8.58. The Kier molecular flexibility index (Phi) is 2.08. The van der Waals surface area contributed by atoms with E-state index in [0.29, 0.717) is 0 Å². The summed E-state index contributed by atoms with van der Waals surface area (Å²) in [5.74, 6) is 4.04. The van der Waals surface area contributed by atoms with Crippen molar-refractivity contribution in [3.05, 3.63) is 36.0 Å². The van der Waals surface area contributed by atoms with Crippen LogP contribution in [-0.4, -0.2) is 16.2 Å². The summed E-state index contributed by atoms with van der Waals surface area (Å²) in [6.45, 7) is 0. The molecule has 1 aromatic heterocycles. The molecule has 1 heterocycles. The Morgan fingerprint density at radius 2 is 2.07 bits per heavy atom. The van der Waals surface area contributed by atoms with E-state index in [0.717, 1.165) is 10.9 Å². The van der Waals surface area contributed by atoms with Crippen LogP contribution in [0, 0.1) is 0 Å². The molecule has 0 aliphatic rings. The smallest absolute Gasteiger partial charge is 0.368 e. The molecule has 2 N–H and O–H groups in total. The van der Waals surface area contributed by atoms with E-state index in [1.54, 1.807) is 12.1 Å². The van der Waals surface area contributed by atoms with Gasteiger partial charge >= 0.3 is 5.97 Å². The third-order valence-corrected chi connectivity index (χ3v) is 1.81. The largest absolute Gasteiger partial charge is 0.377 e. The highest BCUT2D eigenvalue weighted by Crippen LogP contribution is 2.10. The summed E-state index contributed by atoms with van der Waals surface area (Å²) in [6, 6.07) is 8.91. The minimum atomic E-state index is -0.691. The lowest BCUT2D eigenvalue weighted by molar-refractivity contribution is 0.0495. The summed E-state index contributed by atoms with van der Waals surface area (Å²) in [5.41, 5.74) is 0.826. The normalized spacial score (nSPS) is 10.1. The average molecular weight is 189 g/mol. The van der Waals surface area contributed by atoms with Gasteiger partial charge in [0.05, 0.1) is 5.52 Å². The molecule has 2 rings (SSSR count). The van der Waals surface area contributed by atoms with Crippen LogP contribution in [0.4, 0.5) is 0 Å². The second kappa shape index (κ2) is 3.39. The number of hydrogen-bond acceptors (Lipinski definition) is 5. The van der Waals surface area contributed by atoms with Gasteiger partial charge in [-0.15, -0.1) is 10.2 Å². The van der Waals surface area contributed by atoms with Crippen molar-refractivity contribution in [3.63, 3.8) is 0 Å². The number of carbonyl (C=O) groups is 1. The van der Waals surface area contributed by atoms with Crippen molar-refractivity contribution in [2.45, 2.75) is 0 Å². The van der Waals surface area contributed by atoms with Gasteiger partial charge in [0, 0.05) is 5.39 Å². The number of carbonyl (C=O) groups excluding carboxylic acids is 1. The lowest BCUT2D eigenvalue weighted by Crippen LogP contribution is -2.12. The van der Waals surface area contributed by atoms with Gasteiger partial charge in [-0.1, -0.05) is 18.2 Å². The summed E-state index contributed by atoms with van der Waals surface area (Å²) in [6.07, 6.45) is 0. The number of fused-ring (bicyclic) bond motifs is 1. The van der Waals surface area contributed by atoms with Crippen LogP contribution in [-0.2, 0) is 4.84 Å². The van der Waals surface area contributed by atoms with E-state index in [1.807, 2.05) is 18.2 Å². The maximum atomic E-state index is 11.0. The van der Waals surface area contributed by atoms with E-state index in [9.17, 15) is 4.79 Å². The van der Waals surface area contributed by atoms with Gasteiger partial charge in [0.15, 0.2) is 5.69 Å². The molecule has 1 aromatic carbocycles. The molecule has 0 saturated heterocycles. The summed E-state index contributed by atoms with van der Waals surface area (Å²) < 4.78 is 0. The summed E-state index contributed by atoms with van der Waals surface area (Å²) in [5, 5.41) is 8.34. The molecule has 0 spiro atoms. The monoisotopic (exact) mass is 189 g/mol. The van der Waals surface area contributed by atoms with Gasteiger partial charge < -0.3 is 4.84 Å². The Bertz CT molecular complexity index is 484. The first-order valence-electron chi connectivity index (χ1n) is 3.95. The van der Waals surface area contributed by atoms with Crippen LogP contribution in [0.5, 0.6) is 0 Å². The first-order valence-corrected chi connectivity index (χ1v) is 3.95. The van der Waals surface area contributed by atoms with Crippen molar-refractivity contribution in [1.29, 1.82) is 0 Å². The molecule has 70 valence electrons. The molecular weight excluding hydrogens is 182 g/mol. The zero-order valence-electron chi connectivity index (χ0n) is 7.18. The van der Waals surface area contributed by atoms with E-state index in [4.69, 9.17) is 5.90 Å². The lowest BCUT2D eigenvalue weighted by Gasteiger charge is -1.98. The molecule has 2 aromatic rings. The second-order valence-electron chi connectivity index (χ2n) is 2.69. The molecule has 0 aliphatic heterocycles. The van der Waals surface area contributed by atoms with Crippen LogP contribution in [0.3, 0.4) is 0 Å². The predicted molar refractivity (Wildman–Crippen MR) is 49.1 cm³/mol. The zero-order valence-corrected chi connectivity index (χ0v) is 7.18. The summed E-state index contributed by atoms with van der Waals surface area (Å²) in [7, 11) is 0. The summed E-state index contributed by atoms with van der Waals surface area (Å²) >= 11 is 0. The van der Waals surface area contributed by atoms with Gasteiger partial charge in [-0.25, -0.2) is 4.79 Å². The molecule has 0 aliphatic carbocycles. The minimum Gasteiger partial charge on any atom is -0.368 e. The van der Waals surface area contributed by atoms with Crippen LogP contribution in [0.15, 0.2) is 30.3 Å². The van der Waals surface area contributed by atoms with Gasteiger partial charge in [-0.05, 0) is 12.1 Å². The summed E-state index contributed by atoms with van der Waals surface area (Å²) in [4.78, 5) is 15.1. The molecule has 0 radical (unpaired) electrons. The molecule has 0 atom stereocenters. The fraction of sp³-hybridized carbons (Fsp3) is 0. The molecule has 0 saturated carbocycles. The number of aromatic nitrogens is 2. The number of hydrogen-bond donors (Lipinski definition) is 1. The number of nitrogens with two attached hydrogens (primary N) is 1. The highest BCUT2D eigenvalue weighted by molar-refractivity contribution is 5.91. The lowest BCUT2D eigenvalue weighted by atomic mass is 10.2. The van der Waals surface area contributed by atoms with E-state index in [1.165, 1.54) is 0 Å². The molecule has 0 fully saturated rings.